The Morgan fingerprint density at radius 2 is 1.75 bits per heavy atom. The Hall–Kier alpha value is -3.69. The van der Waals surface area contributed by atoms with Gasteiger partial charge in [0.05, 0.1) is 11.3 Å². The van der Waals surface area contributed by atoms with Crippen LogP contribution in [0.3, 0.4) is 0 Å². The van der Waals surface area contributed by atoms with Crippen LogP contribution in [0.1, 0.15) is 32.0 Å². The summed E-state index contributed by atoms with van der Waals surface area (Å²) in [4.78, 5) is 29.1. The zero-order chi connectivity index (χ0) is 20.1. The third-order valence-corrected chi connectivity index (χ3v) is 4.23. The average molecular weight is 391 g/mol. The highest BCUT2D eigenvalue weighted by Gasteiger charge is 2.14. The molecule has 0 aliphatic carbocycles. The lowest BCUT2D eigenvalue weighted by molar-refractivity contribution is 0.102. The van der Waals surface area contributed by atoms with E-state index in [0.29, 0.717) is 22.0 Å². The van der Waals surface area contributed by atoms with Gasteiger partial charge < -0.3 is 10.6 Å². The number of halogens is 1. The molecule has 0 aliphatic heterocycles. The van der Waals surface area contributed by atoms with E-state index in [0.717, 1.165) is 5.56 Å². The lowest BCUT2D eigenvalue weighted by Gasteiger charge is -2.10. The summed E-state index contributed by atoms with van der Waals surface area (Å²) in [6, 6.07) is 16.7. The number of pyridine rings is 1. The van der Waals surface area contributed by atoms with E-state index >= 15 is 0 Å². The molecule has 0 spiro atoms. The summed E-state index contributed by atoms with van der Waals surface area (Å²) in [5.41, 5.74) is 2.49. The third kappa shape index (κ3) is 4.34. The Kier molecular flexibility index (Phi) is 5.68. The van der Waals surface area contributed by atoms with E-state index in [2.05, 4.69) is 15.6 Å². The number of amides is 2. The minimum Gasteiger partial charge on any atom is -0.321 e. The quantitative estimate of drug-likeness (QED) is 0.689. The summed E-state index contributed by atoms with van der Waals surface area (Å²) in [6.45, 7) is 1.84. The number of carbonyl (C=O) groups excluding carboxylic acids is 2. The lowest BCUT2D eigenvalue weighted by atomic mass is 10.1. The van der Waals surface area contributed by atoms with Crippen molar-refractivity contribution in [2.45, 2.75) is 6.92 Å². The highest BCUT2D eigenvalue weighted by molar-refractivity contribution is 6.31. The van der Waals surface area contributed by atoms with Gasteiger partial charge in [0.15, 0.2) is 0 Å². The number of nitrogens with zero attached hydrogens (tertiary/aromatic N) is 2. The van der Waals surface area contributed by atoms with Crippen LogP contribution in [0, 0.1) is 18.3 Å². The molecule has 0 unspecified atom stereocenters. The van der Waals surface area contributed by atoms with Crippen molar-refractivity contribution in [3.05, 3.63) is 88.2 Å². The van der Waals surface area contributed by atoms with E-state index < -0.39 is 11.8 Å². The fraction of sp³-hybridized carbons (Fsp3) is 0.0476. The van der Waals surface area contributed by atoms with Crippen LogP contribution >= 0.6 is 11.6 Å². The summed E-state index contributed by atoms with van der Waals surface area (Å²) in [5.74, 6) is -0.907. The molecule has 28 heavy (non-hydrogen) atoms. The number of aryl methyl sites for hydroxylation is 1. The number of hydrogen-bond acceptors (Lipinski definition) is 4. The second-order valence-corrected chi connectivity index (χ2v) is 6.39. The zero-order valence-electron chi connectivity index (χ0n) is 14.9. The smallest absolute Gasteiger partial charge is 0.274 e. The number of aromatic nitrogens is 1. The van der Waals surface area contributed by atoms with Gasteiger partial charge in [0.2, 0.25) is 0 Å². The Morgan fingerprint density at radius 1 is 1.00 bits per heavy atom. The van der Waals surface area contributed by atoms with Crippen LogP contribution in [0.5, 0.6) is 0 Å². The maximum Gasteiger partial charge on any atom is 0.274 e. The van der Waals surface area contributed by atoms with Crippen molar-refractivity contribution >= 4 is 34.8 Å². The SMILES string of the molecule is Cc1ccc(Cl)cc1NC(=O)c1cc(C(=O)Nc2ccccc2C#N)ccn1. The van der Waals surface area contributed by atoms with Gasteiger partial charge in [-0.15, -0.1) is 0 Å². The van der Waals surface area contributed by atoms with E-state index in [-0.39, 0.29) is 11.3 Å². The summed E-state index contributed by atoms with van der Waals surface area (Å²) in [7, 11) is 0. The Bertz CT molecular complexity index is 1110. The maximum absolute atomic E-state index is 12.5. The monoisotopic (exact) mass is 390 g/mol. The molecule has 0 atom stereocenters. The molecule has 2 aromatic carbocycles. The fourth-order valence-corrected chi connectivity index (χ4v) is 2.67. The first-order chi connectivity index (χ1) is 13.5. The molecule has 6 nitrogen and oxygen atoms in total. The molecule has 1 aromatic heterocycles. The van der Waals surface area contributed by atoms with Gasteiger partial charge in [0.25, 0.3) is 11.8 Å². The molecular formula is C21H15ClN4O2. The molecule has 0 aliphatic rings. The Labute approximate surface area is 166 Å². The first kappa shape index (κ1) is 19.1. The zero-order valence-corrected chi connectivity index (χ0v) is 15.6. The van der Waals surface area contributed by atoms with Crippen molar-refractivity contribution in [1.82, 2.24) is 4.98 Å². The number of carbonyl (C=O) groups is 2. The predicted octanol–water partition coefficient (Wildman–Crippen LogP) is 4.42. The Morgan fingerprint density at radius 3 is 2.54 bits per heavy atom. The van der Waals surface area contributed by atoms with Crippen LogP contribution < -0.4 is 10.6 Å². The first-order valence-electron chi connectivity index (χ1n) is 8.32. The van der Waals surface area contributed by atoms with E-state index in [4.69, 9.17) is 16.9 Å². The summed E-state index contributed by atoms with van der Waals surface area (Å²) < 4.78 is 0. The maximum atomic E-state index is 12.5. The van der Waals surface area contributed by atoms with Crippen LogP contribution in [-0.2, 0) is 0 Å². The van der Waals surface area contributed by atoms with Crippen molar-refractivity contribution in [3.8, 4) is 6.07 Å². The number of para-hydroxylation sites is 1. The van der Waals surface area contributed by atoms with Crippen molar-refractivity contribution in [2.24, 2.45) is 0 Å². The molecule has 7 heteroatoms. The van der Waals surface area contributed by atoms with Crippen LogP contribution in [0.25, 0.3) is 0 Å². The molecule has 3 rings (SSSR count). The first-order valence-corrected chi connectivity index (χ1v) is 8.70. The van der Waals surface area contributed by atoms with Gasteiger partial charge in [-0.3, -0.25) is 14.6 Å². The summed E-state index contributed by atoms with van der Waals surface area (Å²) >= 11 is 5.97. The number of hydrogen-bond donors (Lipinski definition) is 2. The molecular weight excluding hydrogens is 376 g/mol. The minimum absolute atomic E-state index is 0.0839. The lowest BCUT2D eigenvalue weighted by Crippen LogP contribution is -2.17. The molecule has 0 radical (unpaired) electrons. The third-order valence-electron chi connectivity index (χ3n) is 4.00. The molecule has 0 fully saturated rings. The van der Waals surface area contributed by atoms with E-state index in [9.17, 15) is 9.59 Å². The van der Waals surface area contributed by atoms with Crippen LogP contribution in [0.4, 0.5) is 11.4 Å². The van der Waals surface area contributed by atoms with Crippen LogP contribution in [0.15, 0.2) is 60.8 Å². The minimum atomic E-state index is -0.461. The molecule has 1 heterocycles. The summed E-state index contributed by atoms with van der Waals surface area (Å²) in [5, 5.41) is 15.0. The topological polar surface area (TPSA) is 94.9 Å². The van der Waals surface area contributed by atoms with Gasteiger partial charge in [-0.05, 0) is 48.9 Å². The standard InChI is InChI=1S/C21H15ClN4O2/c1-13-6-7-16(22)11-18(13)26-21(28)19-10-14(8-9-24-19)20(27)25-17-5-3-2-4-15(17)12-23/h2-11H,1H3,(H,25,27)(H,26,28). The molecule has 2 N–H and O–H groups in total. The van der Waals surface area contributed by atoms with E-state index in [1.165, 1.54) is 18.3 Å². The normalized spacial score (nSPS) is 10.0. The number of rotatable bonds is 4. The fourth-order valence-electron chi connectivity index (χ4n) is 2.50. The largest absolute Gasteiger partial charge is 0.321 e. The van der Waals surface area contributed by atoms with Crippen molar-refractivity contribution in [1.29, 1.82) is 5.26 Å². The number of nitriles is 1. The van der Waals surface area contributed by atoms with Crippen molar-refractivity contribution in [2.75, 3.05) is 10.6 Å². The molecule has 138 valence electrons. The number of nitrogens with one attached hydrogen (secondary N) is 2. The Balaban J connectivity index is 1.80. The van der Waals surface area contributed by atoms with Gasteiger partial charge in [0, 0.05) is 22.5 Å². The van der Waals surface area contributed by atoms with Crippen LogP contribution in [0.2, 0.25) is 5.02 Å². The average Bonchev–Trinajstić information content (AvgIpc) is 2.71. The van der Waals surface area contributed by atoms with Gasteiger partial charge in [-0.25, -0.2) is 0 Å². The summed E-state index contributed by atoms with van der Waals surface area (Å²) in [6.07, 6.45) is 1.38. The van der Waals surface area contributed by atoms with Crippen molar-refractivity contribution < 1.29 is 9.59 Å². The predicted molar refractivity (Wildman–Crippen MR) is 107 cm³/mol. The molecule has 2 amide bonds. The number of benzene rings is 2. The van der Waals surface area contributed by atoms with Crippen molar-refractivity contribution in [3.63, 3.8) is 0 Å². The number of anilines is 2. The van der Waals surface area contributed by atoms with Gasteiger partial charge >= 0.3 is 0 Å². The van der Waals surface area contributed by atoms with Gasteiger partial charge in [-0.2, -0.15) is 5.26 Å². The second kappa shape index (κ2) is 8.33. The van der Waals surface area contributed by atoms with E-state index in [1.807, 2.05) is 13.0 Å². The van der Waals surface area contributed by atoms with Gasteiger partial charge in [0.1, 0.15) is 11.8 Å². The molecule has 0 bridgehead atoms. The van der Waals surface area contributed by atoms with Crippen LogP contribution in [-0.4, -0.2) is 16.8 Å². The highest BCUT2D eigenvalue weighted by atomic mass is 35.5. The molecule has 3 aromatic rings. The molecule has 0 saturated heterocycles. The van der Waals surface area contributed by atoms with E-state index in [1.54, 1.807) is 42.5 Å². The van der Waals surface area contributed by atoms with Gasteiger partial charge in [-0.1, -0.05) is 29.8 Å². The highest BCUT2D eigenvalue weighted by Crippen LogP contribution is 2.21. The second-order valence-electron chi connectivity index (χ2n) is 5.95. The molecule has 0 saturated carbocycles.